The molecule has 2 rings (SSSR count). The summed E-state index contributed by atoms with van der Waals surface area (Å²) in [7, 11) is -2.78. The van der Waals surface area contributed by atoms with E-state index in [1.807, 2.05) is 4.72 Å². The number of carbonyl (C=O) groups excluding carboxylic acids is 1. The second-order valence-electron chi connectivity index (χ2n) is 5.98. The zero-order valence-corrected chi connectivity index (χ0v) is 17.3. The van der Waals surface area contributed by atoms with Gasteiger partial charge in [-0.25, -0.2) is 13.1 Å². The van der Waals surface area contributed by atoms with Gasteiger partial charge in [0.25, 0.3) is 15.9 Å². The lowest BCUT2D eigenvalue weighted by atomic mass is 10.1. The first-order valence-electron chi connectivity index (χ1n) is 8.16. The summed E-state index contributed by atoms with van der Waals surface area (Å²) < 4.78 is 69.0. The van der Waals surface area contributed by atoms with Gasteiger partial charge in [-0.05, 0) is 48.8 Å². The molecule has 0 bridgehead atoms. The Morgan fingerprint density at radius 1 is 1.21 bits per heavy atom. The fourth-order valence-electron chi connectivity index (χ4n) is 2.40. The van der Waals surface area contributed by atoms with E-state index in [4.69, 9.17) is 27.9 Å². The highest BCUT2D eigenvalue weighted by Crippen LogP contribution is 2.33. The molecular formula is C18H16Cl2F3NO4S. The summed E-state index contributed by atoms with van der Waals surface area (Å²) in [5.41, 5.74) is -0.0290. The minimum atomic E-state index is -4.38. The summed E-state index contributed by atoms with van der Waals surface area (Å²) in [5.74, 6) is -0.569. The van der Waals surface area contributed by atoms with Crippen LogP contribution >= 0.6 is 23.2 Å². The molecule has 158 valence electrons. The van der Waals surface area contributed by atoms with Gasteiger partial charge in [0.15, 0.2) is 0 Å². The van der Waals surface area contributed by atoms with Crippen LogP contribution in [0.4, 0.5) is 13.2 Å². The van der Waals surface area contributed by atoms with Crippen molar-refractivity contribution in [1.82, 2.24) is 4.72 Å². The van der Waals surface area contributed by atoms with E-state index in [0.29, 0.717) is 5.75 Å². The maximum Gasteiger partial charge on any atom is 0.389 e. The van der Waals surface area contributed by atoms with Crippen LogP contribution in [-0.2, 0) is 14.8 Å². The average Bonchev–Trinajstić information content (AvgIpc) is 2.77. The molecule has 29 heavy (non-hydrogen) atoms. The molecule has 5 nitrogen and oxygen atoms in total. The number of sulfonamides is 1. The van der Waals surface area contributed by atoms with E-state index in [9.17, 15) is 26.4 Å². The molecule has 0 fully saturated rings. The first kappa shape index (κ1) is 23.3. The van der Waals surface area contributed by atoms with E-state index in [1.54, 1.807) is 0 Å². The number of hydrogen-bond acceptors (Lipinski definition) is 4. The molecule has 0 aliphatic heterocycles. The lowest BCUT2D eigenvalue weighted by Gasteiger charge is -2.10. The Hall–Kier alpha value is -1.97. The number of carbonyl (C=O) groups is 1. The summed E-state index contributed by atoms with van der Waals surface area (Å²) >= 11 is 12.1. The van der Waals surface area contributed by atoms with Crippen LogP contribution in [0, 0.1) is 0 Å². The minimum absolute atomic E-state index is 0.0215. The third kappa shape index (κ3) is 6.52. The van der Waals surface area contributed by atoms with Gasteiger partial charge in [0.2, 0.25) is 0 Å². The molecule has 0 radical (unpaired) electrons. The predicted octanol–water partition coefficient (Wildman–Crippen LogP) is 4.79. The van der Waals surface area contributed by atoms with Gasteiger partial charge in [0.1, 0.15) is 5.75 Å². The first-order valence-corrected chi connectivity index (χ1v) is 10.4. The Bertz CT molecular complexity index is 981. The Morgan fingerprint density at radius 3 is 2.38 bits per heavy atom. The highest BCUT2D eigenvalue weighted by atomic mass is 35.5. The van der Waals surface area contributed by atoms with Gasteiger partial charge in [-0.1, -0.05) is 29.3 Å². The fourth-order valence-corrected chi connectivity index (χ4v) is 3.90. The molecule has 0 saturated heterocycles. The van der Waals surface area contributed by atoms with Crippen LogP contribution in [0.5, 0.6) is 5.75 Å². The number of amides is 1. The number of halogens is 5. The monoisotopic (exact) mass is 469 g/mol. The highest BCUT2D eigenvalue weighted by Gasteiger charge is 2.28. The first-order chi connectivity index (χ1) is 13.4. The van der Waals surface area contributed by atoms with Crippen molar-refractivity contribution in [3.63, 3.8) is 0 Å². The molecule has 1 aliphatic rings. The smallest absolute Gasteiger partial charge is 0.389 e. The van der Waals surface area contributed by atoms with Crippen LogP contribution in [0.1, 0.15) is 19.3 Å². The van der Waals surface area contributed by atoms with E-state index in [2.05, 4.69) is 0 Å². The van der Waals surface area contributed by atoms with Crippen molar-refractivity contribution >= 4 is 39.1 Å². The van der Waals surface area contributed by atoms with Crippen molar-refractivity contribution in [3.8, 4) is 5.75 Å². The van der Waals surface area contributed by atoms with Gasteiger partial charge in [0.05, 0.1) is 12.0 Å². The molecule has 11 heteroatoms. The van der Waals surface area contributed by atoms with Crippen LogP contribution in [0.25, 0.3) is 0 Å². The largest absolute Gasteiger partial charge is 0.497 e. The van der Waals surface area contributed by atoms with Crippen molar-refractivity contribution in [1.29, 1.82) is 0 Å². The average molecular weight is 470 g/mol. The van der Waals surface area contributed by atoms with E-state index in [0.717, 1.165) is 6.08 Å². The van der Waals surface area contributed by atoms with Gasteiger partial charge in [-0.15, -0.1) is 0 Å². The van der Waals surface area contributed by atoms with Gasteiger partial charge in [0, 0.05) is 22.1 Å². The zero-order valence-electron chi connectivity index (χ0n) is 15.0. The molecule has 1 amide bonds. The Kier molecular flexibility index (Phi) is 7.42. The number of alkyl halides is 3. The van der Waals surface area contributed by atoms with Crippen molar-refractivity contribution in [2.24, 2.45) is 0 Å². The lowest BCUT2D eigenvalue weighted by Crippen LogP contribution is -2.32. The zero-order chi connectivity index (χ0) is 21.8. The predicted molar refractivity (Wildman–Crippen MR) is 103 cm³/mol. The maximum absolute atomic E-state index is 12.5. The number of methoxy groups -OCH3 is 1. The number of hydrogen-bond donors (Lipinski definition) is 1. The lowest BCUT2D eigenvalue weighted by molar-refractivity contribution is -0.133. The van der Waals surface area contributed by atoms with Gasteiger partial charge >= 0.3 is 6.18 Å². The molecule has 0 saturated carbocycles. The van der Waals surface area contributed by atoms with Crippen LogP contribution in [0.3, 0.4) is 0 Å². The van der Waals surface area contributed by atoms with Crippen LogP contribution in [0.2, 0.25) is 0 Å². The van der Waals surface area contributed by atoms with Crippen LogP contribution in [-0.4, -0.2) is 27.6 Å². The SMILES string of the molecule is COc1ccc(S(=O)(=O)NC(=O)C2=C(Cl)C=C(CCC(F)(F)F)C(Cl)=CC2)cc1. The van der Waals surface area contributed by atoms with Crippen molar-refractivity contribution in [2.75, 3.05) is 7.11 Å². The number of ether oxygens (including phenoxy) is 1. The highest BCUT2D eigenvalue weighted by molar-refractivity contribution is 7.90. The molecule has 0 atom stereocenters. The quantitative estimate of drug-likeness (QED) is 0.649. The topological polar surface area (TPSA) is 72.5 Å². The Morgan fingerprint density at radius 2 is 1.83 bits per heavy atom. The third-order valence-corrected chi connectivity index (χ3v) is 6.01. The summed E-state index contributed by atoms with van der Waals surface area (Å²) in [6.45, 7) is 0. The molecule has 0 heterocycles. The van der Waals surface area contributed by atoms with E-state index in [-0.39, 0.29) is 32.5 Å². The summed E-state index contributed by atoms with van der Waals surface area (Å²) in [5, 5.41) is -0.162. The molecule has 1 N–H and O–H groups in total. The minimum Gasteiger partial charge on any atom is -0.497 e. The Labute approximate surface area is 175 Å². The van der Waals surface area contributed by atoms with Crippen molar-refractivity contribution in [3.05, 3.63) is 57.6 Å². The molecule has 1 aromatic carbocycles. The van der Waals surface area contributed by atoms with E-state index in [1.165, 1.54) is 37.5 Å². The normalized spacial score (nSPS) is 15.4. The molecule has 1 aromatic rings. The molecule has 0 aromatic heterocycles. The van der Waals surface area contributed by atoms with Crippen LogP contribution < -0.4 is 9.46 Å². The van der Waals surface area contributed by atoms with Gasteiger partial charge in [-0.3, -0.25) is 4.79 Å². The van der Waals surface area contributed by atoms with Gasteiger partial charge < -0.3 is 4.74 Å². The molecular weight excluding hydrogens is 454 g/mol. The third-order valence-electron chi connectivity index (χ3n) is 3.93. The second kappa shape index (κ2) is 9.23. The van der Waals surface area contributed by atoms with Crippen molar-refractivity contribution in [2.45, 2.75) is 30.3 Å². The van der Waals surface area contributed by atoms with Gasteiger partial charge in [-0.2, -0.15) is 13.2 Å². The van der Waals surface area contributed by atoms with Crippen LogP contribution in [0.15, 0.2) is 62.5 Å². The van der Waals surface area contributed by atoms with Crippen molar-refractivity contribution < 1.29 is 31.1 Å². The maximum atomic E-state index is 12.5. The fraction of sp³-hybridized carbons (Fsp3) is 0.278. The second-order valence-corrected chi connectivity index (χ2v) is 8.47. The summed E-state index contributed by atoms with van der Waals surface area (Å²) in [4.78, 5) is 12.3. The molecule has 1 aliphatic carbocycles. The standard InChI is InChI=1S/C18H16Cl2F3NO4S/c1-28-12-2-4-13(5-3-12)29(26,27)24-17(25)14-6-7-15(19)11(10-16(14)20)8-9-18(21,22)23/h2-5,7,10H,6,8-9H2,1H3,(H,24,25). The molecule has 0 spiro atoms. The Balaban J connectivity index is 2.23. The molecule has 0 unspecified atom stereocenters. The van der Waals surface area contributed by atoms with E-state index < -0.39 is 34.9 Å². The summed E-state index contributed by atoms with van der Waals surface area (Å²) in [6.07, 6.45) is -3.60. The number of benzene rings is 1. The summed E-state index contributed by atoms with van der Waals surface area (Å²) in [6, 6.07) is 5.33. The number of rotatable bonds is 6. The number of nitrogens with one attached hydrogen (secondary N) is 1. The van der Waals surface area contributed by atoms with E-state index >= 15 is 0 Å². The number of allylic oxidation sites excluding steroid dienone is 5.